The largest absolute Gasteiger partial charge is 0.330 e. The molecule has 0 aliphatic carbocycles. The summed E-state index contributed by atoms with van der Waals surface area (Å²) in [5, 5.41) is 0. The molecular weight excluding hydrogens is 208 g/mol. The summed E-state index contributed by atoms with van der Waals surface area (Å²) in [4.78, 5) is 2.60. The van der Waals surface area contributed by atoms with Crippen molar-refractivity contribution in [2.24, 2.45) is 5.73 Å². The van der Waals surface area contributed by atoms with Crippen LogP contribution in [0.15, 0.2) is 24.3 Å². The van der Waals surface area contributed by atoms with E-state index in [1.165, 1.54) is 49.9 Å². The Hall–Kier alpha value is -0.860. The second-order valence-corrected chi connectivity index (χ2v) is 5.00. The van der Waals surface area contributed by atoms with Gasteiger partial charge in [0.25, 0.3) is 0 Å². The maximum absolute atomic E-state index is 5.67. The van der Waals surface area contributed by atoms with E-state index >= 15 is 0 Å². The molecule has 2 N–H and O–H groups in total. The van der Waals surface area contributed by atoms with Crippen LogP contribution in [0.4, 0.5) is 0 Å². The van der Waals surface area contributed by atoms with Gasteiger partial charge in [-0.15, -0.1) is 0 Å². The third kappa shape index (κ3) is 3.83. The van der Waals surface area contributed by atoms with Crippen molar-refractivity contribution in [2.75, 3.05) is 19.6 Å². The Morgan fingerprint density at radius 2 is 1.59 bits per heavy atom. The first-order valence-electron chi connectivity index (χ1n) is 6.89. The summed E-state index contributed by atoms with van der Waals surface area (Å²) in [7, 11) is 0. The first-order chi connectivity index (χ1) is 8.40. The van der Waals surface area contributed by atoms with Crippen LogP contribution in [0.5, 0.6) is 0 Å². The first kappa shape index (κ1) is 12.6. The van der Waals surface area contributed by atoms with Gasteiger partial charge in [0.1, 0.15) is 0 Å². The molecule has 1 saturated heterocycles. The van der Waals surface area contributed by atoms with Crippen LogP contribution in [0.1, 0.15) is 36.8 Å². The molecule has 94 valence electrons. The minimum Gasteiger partial charge on any atom is -0.330 e. The predicted molar refractivity (Wildman–Crippen MR) is 72.9 cm³/mol. The average Bonchev–Trinajstić information content (AvgIpc) is 2.61. The van der Waals surface area contributed by atoms with Crippen LogP contribution in [0.2, 0.25) is 0 Å². The van der Waals surface area contributed by atoms with Gasteiger partial charge in [0.05, 0.1) is 0 Å². The molecule has 0 radical (unpaired) electrons. The number of hydrogen-bond acceptors (Lipinski definition) is 2. The van der Waals surface area contributed by atoms with Crippen molar-refractivity contribution < 1.29 is 0 Å². The van der Waals surface area contributed by atoms with E-state index in [-0.39, 0.29) is 0 Å². The summed E-state index contributed by atoms with van der Waals surface area (Å²) >= 11 is 0. The fraction of sp³-hybridized carbons (Fsp3) is 0.600. The molecule has 1 heterocycles. The molecule has 0 spiro atoms. The number of benzene rings is 1. The SMILES string of the molecule is NCCc1ccccc1CN1CCCCCC1. The van der Waals surface area contributed by atoms with Crippen LogP contribution in [0.25, 0.3) is 0 Å². The van der Waals surface area contributed by atoms with Gasteiger partial charge in [-0.3, -0.25) is 4.90 Å². The topological polar surface area (TPSA) is 29.3 Å². The Balaban J connectivity index is 2.00. The molecule has 0 bridgehead atoms. The lowest BCUT2D eigenvalue weighted by Gasteiger charge is -2.21. The minimum atomic E-state index is 0.747. The Morgan fingerprint density at radius 3 is 2.24 bits per heavy atom. The highest BCUT2D eigenvalue weighted by atomic mass is 15.1. The second-order valence-electron chi connectivity index (χ2n) is 5.00. The Labute approximate surface area is 105 Å². The molecule has 0 amide bonds. The van der Waals surface area contributed by atoms with Gasteiger partial charge in [0.15, 0.2) is 0 Å². The highest BCUT2D eigenvalue weighted by Crippen LogP contribution is 2.16. The molecule has 0 aromatic heterocycles. The third-order valence-corrected chi connectivity index (χ3v) is 3.62. The molecule has 2 nitrogen and oxygen atoms in total. The zero-order chi connectivity index (χ0) is 11.9. The molecule has 17 heavy (non-hydrogen) atoms. The van der Waals surface area contributed by atoms with Gasteiger partial charge in [-0.2, -0.15) is 0 Å². The fourth-order valence-electron chi connectivity index (χ4n) is 2.65. The van der Waals surface area contributed by atoms with Crippen molar-refractivity contribution in [2.45, 2.75) is 38.6 Å². The molecular formula is C15H24N2. The molecule has 0 saturated carbocycles. The summed E-state index contributed by atoms with van der Waals surface area (Å²) < 4.78 is 0. The van der Waals surface area contributed by atoms with Crippen LogP contribution in [0, 0.1) is 0 Å². The standard InChI is InChI=1S/C15H24N2/c16-10-9-14-7-3-4-8-15(14)13-17-11-5-1-2-6-12-17/h3-4,7-8H,1-2,5-6,9-13,16H2. The highest BCUT2D eigenvalue weighted by Gasteiger charge is 2.10. The van der Waals surface area contributed by atoms with E-state index in [2.05, 4.69) is 29.2 Å². The van der Waals surface area contributed by atoms with Crippen LogP contribution in [-0.4, -0.2) is 24.5 Å². The number of nitrogens with two attached hydrogens (primary N) is 1. The molecule has 2 heteroatoms. The summed E-state index contributed by atoms with van der Waals surface area (Å²) in [5.41, 5.74) is 8.58. The monoisotopic (exact) mass is 232 g/mol. The normalized spacial score (nSPS) is 17.9. The summed E-state index contributed by atoms with van der Waals surface area (Å²) in [5.74, 6) is 0. The zero-order valence-electron chi connectivity index (χ0n) is 10.7. The second kappa shape index (κ2) is 6.77. The van der Waals surface area contributed by atoms with Gasteiger partial charge >= 0.3 is 0 Å². The van der Waals surface area contributed by atoms with Crippen molar-refractivity contribution in [3.05, 3.63) is 35.4 Å². The van der Waals surface area contributed by atoms with Crippen LogP contribution in [0.3, 0.4) is 0 Å². The van der Waals surface area contributed by atoms with Gasteiger partial charge in [0, 0.05) is 6.54 Å². The lowest BCUT2D eigenvalue weighted by molar-refractivity contribution is 0.276. The molecule has 0 atom stereocenters. The maximum Gasteiger partial charge on any atom is 0.0236 e. The van der Waals surface area contributed by atoms with E-state index < -0.39 is 0 Å². The molecule has 1 aliphatic rings. The van der Waals surface area contributed by atoms with Crippen LogP contribution >= 0.6 is 0 Å². The Kier molecular flexibility index (Phi) is 5.02. The first-order valence-corrected chi connectivity index (χ1v) is 6.89. The van der Waals surface area contributed by atoms with Gasteiger partial charge in [-0.05, 0) is 50.0 Å². The zero-order valence-corrected chi connectivity index (χ0v) is 10.7. The average molecular weight is 232 g/mol. The van der Waals surface area contributed by atoms with Crippen molar-refractivity contribution >= 4 is 0 Å². The maximum atomic E-state index is 5.67. The third-order valence-electron chi connectivity index (χ3n) is 3.62. The predicted octanol–water partition coefficient (Wildman–Crippen LogP) is 2.56. The lowest BCUT2D eigenvalue weighted by Crippen LogP contribution is -2.24. The van der Waals surface area contributed by atoms with Crippen LogP contribution < -0.4 is 5.73 Å². The number of rotatable bonds is 4. The van der Waals surface area contributed by atoms with E-state index in [4.69, 9.17) is 5.73 Å². The molecule has 0 unspecified atom stereocenters. The highest BCUT2D eigenvalue weighted by molar-refractivity contribution is 5.27. The van der Waals surface area contributed by atoms with E-state index in [0.29, 0.717) is 0 Å². The van der Waals surface area contributed by atoms with Gasteiger partial charge in [0.2, 0.25) is 0 Å². The fourth-order valence-corrected chi connectivity index (χ4v) is 2.65. The Morgan fingerprint density at radius 1 is 0.941 bits per heavy atom. The van der Waals surface area contributed by atoms with Crippen molar-refractivity contribution in [1.82, 2.24) is 4.90 Å². The van der Waals surface area contributed by atoms with Gasteiger partial charge in [-0.1, -0.05) is 37.1 Å². The van der Waals surface area contributed by atoms with Gasteiger partial charge < -0.3 is 5.73 Å². The van der Waals surface area contributed by atoms with Crippen molar-refractivity contribution in [1.29, 1.82) is 0 Å². The number of likely N-dealkylation sites (tertiary alicyclic amines) is 1. The molecule has 1 aliphatic heterocycles. The molecule has 2 rings (SSSR count). The minimum absolute atomic E-state index is 0.747. The van der Waals surface area contributed by atoms with Gasteiger partial charge in [-0.25, -0.2) is 0 Å². The number of nitrogens with zero attached hydrogens (tertiary/aromatic N) is 1. The number of hydrogen-bond donors (Lipinski definition) is 1. The smallest absolute Gasteiger partial charge is 0.0236 e. The molecule has 1 aromatic rings. The summed E-state index contributed by atoms with van der Waals surface area (Å²) in [6.07, 6.45) is 6.53. The van der Waals surface area contributed by atoms with Crippen molar-refractivity contribution in [3.63, 3.8) is 0 Å². The Bertz CT molecular complexity index is 327. The summed E-state index contributed by atoms with van der Waals surface area (Å²) in [6.45, 7) is 4.38. The van der Waals surface area contributed by atoms with E-state index in [1.54, 1.807) is 0 Å². The quantitative estimate of drug-likeness (QED) is 0.864. The van der Waals surface area contributed by atoms with E-state index in [9.17, 15) is 0 Å². The lowest BCUT2D eigenvalue weighted by atomic mass is 10.0. The van der Waals surface area contributed by atoms with Crippen LogP contribution in [-0.2, 0) is 13.0 Å². The van der Waals surface area contributed by atoms with E-state index in [1.807, 2.05) is 0 Å². The molecule has 1 aromatic carbocycles. The van der Waals surface area contributed by atoms with E-state index in [0.717, 1.165) is 19.5 Å². The molecule has 1 fully saturated rings. The van der Waals surface area contributed by atoms with Crippen molar-refractivity contribution in [3.8, 4) is 0 Å². The summed E-state index contributed by atoms with van der Waals surface area (Å²) in [6, 6.07) is 8.75.